The van der Waals surface area contributed by atoms with Gasteiger partial charge in [-0.25, -0.2) is 9.37 Å². The van der Waals surface area contributed by atoms with Crippen molar-refractivity contribution < 1.29 is 9.13 Å². The number of nitrogens with zero attached hydrogens (tertiary/aromatic N) is 1. The van der Waals surface area contributed by atoms with Crippen LogP contribution in [0.25, 0.3) is 0 Å². The number of pyridine rings is 1. The lowest BCUT2D eigenvalue weighted by Crippen LogP contribution is -2.22. The number of ether oxygens (including phenoxy) is 1. The molecule has 0 unspecified atom stereocenters. The van der Waals surface area contributed by atoms with E-state index >= 15 is 0 Å². The molecule has 0 saturated heterocycles. The first-order chi connectivity index (χ1) is 9.95. The zero-order valence-electron chi connectivity index (χ0n) is 11.7. The van der Waals surface area contributed by atoms with E-state index in [4.69, 9.17) is 4.74 Å². The molecule has 1 aromatic heterocycles. The second kappa shape index (κ2) is 7.33. The Morgan fingerprint density at radius 1 is 1.24 bits per heavy atom. The van der Waals surface area contributed by atoms with Crippen LogP contribution in [0.2, 0.25) is 0 Å². The van der Waals surface area contributed by atoms with Crippen LogP contribution in [0.5, 0.6) is 11.6 Å². The standard InChI is InChI=1S/C15H15Br2FN2O/c1-9(2)19-7-10-5-12(17)8-20-15(10)21-14-4-3-11(16)6-13(14)18/h3-6,8-9,19H,7H2,1-2H3. The second-order valence-corrected chi connectivity index (χ2v) is 6.66. The van der Waals surface area contributed by atoms with Gasteiger partial charge in [0.25, 0.3) is 0 Å². The van der Waals surface area contributed by atoms with E-state index in [0.29, 0.717) is 22.9 Å². The van der Waals surface area contributed by atoms with Gasteiger partial charge in [0, 0.05) is 33.3 Å². The zero-order valence-corrected chi connectivity index (χ0v) is 14.8. The molecule has 0 saturated carbocycles. The van der Waals surface area contributed by atoms with Gasteiger partial charge in [-0.15, -0.1) is 0 Å². The van der Waals surface area contributed by atoms with Crippen LogP contribution >= 0.6 is 31.9 Å². The molecule has 1 heterocycles. The quantitative estimate of drug-likeness (QED) is 0.740. The van der Waals surface area contributed by atoms with Gasteiger partial charge in [-0.1, -0.05) is 29.8 Å². The maximum absolute atomic E-state index is 13.9. The summed E-state index contributed by atoms with van der Waals surface area (Å²) < 4.78 is 21.0. The highest BCUT2D eigenvalue weighted by molar-refractivity contribution is 9.10. The molecule has 0 aliphatic rings. The molecule has 112 valence electrons. The summed E-state index contributed by atoms with van der Waals surface area (Å²) in [5.41, 5.74) is 0.861. The van der Waals surface area contributed by atoms with Gasteiger partial charge in [0.15, 0.2) is 11.6 Å². The molecule has 0 fully saturated rings. The van der Waals surface area contributed by atoms with Crippen LogP contribution in [-0.4, -0.2) is 11.0 Å². The van der Waals surface area contributed by atoms with Crippen molar-refractivity contribution in [1.82, 2.24) is 10.3 Å². The van der Waals surface area contributed by atoms with Gasteiger partial charge in [0.1, 0.15) is 0 Å². The summed E-state index contributed by atoms with van der Waals surface area (Å²) in [6.07, 6.45) is 1.63. The summed E-state index contributed by atoms with van der Waals surface area (Å²) in [6.45, 7) is 4.71. The van der Waals surface area contributed by atoms with Crippen molar-refractivity contribution in [3.05, 3.63) is 50.8 Å². The van der Waals surface area contributed by atoms with Crippen molar-refractivity contribution in [2.75, 3.05) is 0 Å². The van der Waals surface area contributed by atoms with Crippen LogP contribution in [0.1, 0.15) is 19.4 Å². The van der Waals surface area contributed by atoms with E-state index in [-0.39, 0.29) is 5.75 Å². The third kappa shape index (κ3) is 4.76. The molecule has 1 aromatic carbocycles. The highest BCUT2D eigenvalue weighted by Gasteiger charge is 2.11. The van der Waals surface area contributed by atoms with Gasteiger partial charge in [0.05, 0.1) is 0 Å². The predicted octanol–water partition coefficient (Wildman–Crippen LogP) is 5.04. The Labute approximate surface area is 140 Å². The molecule has 0 radical (unpaired) electrons. The molecule has 2 rings (SSSR count). The van der Waals surface area contributed by atoms with Crippen molar-refractivity contribution in [3.63, 3.8) is 0 Å². The van der Waals surface area contributed by atoms with Gasteiger partial charge >= 0.3 is 0 Å². The number of halogens is 3. The fourth-order valence-corrected chi connectivity index (χ4v) is 2.38. The predicted molar refractivity (Wildman–Crippen MR) is 88.1 cm³/mol. The maximum Gasteiger partial charge on any atom is 0.223 e. The van der Waals surface area contributed by atoms with E-state index in [1.165, 1.54) is 6.07 Å². The Hall–Kier alpha value is -0.980. The average Bonchev–Trinajstić information content (AvgIpc) is 2.41. The first kappa shape index (κ1) is 16.4. The van der Waals surface area contributed by atoms with Gasteiger partial charge in [0.2, 0.25) is 5.88 Å². The monoisotopic (exact) mass is 416 g/mol. The molecule has 6 heteroatoms. The molecular formula is C15H15Br2FN2O. The van der Waals surface area contributed by atoms with E-state index in [1.54, 1.807) is 18.3 Å². The first-order valence-electron chi connectivity index (χ1n) is 6.46. The highest BCUT2D eigenvalue weighted by atomic mass is 79.9. The molecule has 0 aliphatic carbocycles. The van der Waals surface area contributed by atoms with Crippen LogP contribution < -0.4 is 10.1 Å². The number of hydrogen-bond acceptors (Lipinski definition) is 3. The molecule has 0 bridgehead atoms. The van der Waals surface area contributed by atoms with E-state index in [2.05, 4.69) is 56.0 Å². The fourth-order valence-electron chi connectivity index (χ4n) is 1.66. The summed E-state index contributed by atoms with van der Waals surface area (Å²) in [6, 6.07) is 6.90. The second-order valence-electron chi connectivity index (χ2n) is 4.83. The maximum atomic E-state index is 13.9. The minimum absolute atomic E-state index is 0.152. The average molecular weight is 418 g/mol. The Morgan fingerprint density at radius 2 is 2.00 bits per heavy atom. The van der Waals surface area contributed by atoms with Crippen LogP contribution in [0.15, 0.2) is 39.4 Å². The third-order valence-electron chi connectivity index (χ3n) is 2.69. The molecule has 2 aromatic rings. The molecule has 0 spiro atoms. The summed E-state index contributed by atoms with van der Waals surface area (Å²) in [7, 11) is 0. The SMILES string of the molecule is CC(C)NCc1cc(Br)cnc1Oc1ccc(Br)cc1F. The molecule has 0 aliphatic heterocycles. The number of hydrogen-bond donors (Lipinski definition) is 1. The van der Waals surface area contributed by atoms with Crippen molar-refractivity contribution in [1.29, 1.82) is 0 Å². The van der Waals surface area contributed by atoms with Crippen LogP contribution in [-0.2, 0) is 6.54 Å². The van der Waals surface area contributed by atoms with E-state index in [0.717, 1.165) is 10.0 Å². The lowest BCUT2D eigenvalue weighted by Gasteiger charge is -2.13. The normalized spacial score (nSPS) is 11.0. The van der Waals surface area contributed by atoms with E-state index in [9.17, 15) is 4.39 Å². The van der Waals surface area contributed by atoms with E-state index < -0.39 is 5.82 Å². The Kier molecular flexibility index (Phi) is 5.72. The third-order valence-corrected chi connectivity index (χ3v) is 3.62. The van der Waals surface area contributed by atoms with Crippen LogP contribution in [0.3, 0.4) is 0 Å². The summed E-state index contributed by atoms with van der Waals surface area (Å²) in [5.74, 6) is 0.114. The largest absolute Gasteiger partial charge is 0.436 e. The Morgan fingerprint density at radius 3 is 2.67 bits per heavy atom. The number of aromatic nitrogens is 1. The lowest BCUT2D eigenvalue weighted by atomic mass is 10.2. The molecule has 3 nitrogen and oxygen atoms in total. The smallest absolute Gasteiger partial charge is 0.223 e. The number of nitrogens with one attached hydrogen (secondary N) is 1. The van der Waals surface area contributed by atoms with Gasteiger partial charge < -0.3 is 10.1 Å². The summed E-state index contributed by atoms with van der Waals surface area (Å²) in [4.78, 5) is 4.23. The zero-order chi connectivity index (χ0) is 15.4. The van der Waals surface area contributed by atoms with Gasteiger partial charge in [-0.3, -0.25) is 0 Å². The van der Waals surface area contributed by atoms with Crippen molar-refractivity contribution in [2.45, 2.75) is 26.4 Å². The minimum atomic E-state index is -0.433. The van der Waals surface area contributed by atoms with Crippen molar-refractivity contribution in [2.24, 2.45) is 0 Å². The summed E-state index contributed by atoms with van der Waals surface area (Å²) in [5, 5.41) is 3.30. The molecule has 21 heavy (non-hydrogen) atoms. The minimum Gasteiger partial charge on any atom is -0.436 e. The lowest BCUT2D eigenvalue weighted by molar-refractivity contribution is 0.418. The molecule has 0 atom stereocenters. The summed E-state index contributed by atoms with van der Waals surface area (Å²) >= 11 is 6.61. The Balaban J connectivity index is 2.26. The highest BCUT2D eigenvalue weighted by Crippen LogP contribution is 2.29. The first-order valence-corrected chi connectivity index (χ1v) is 8.05. The van der Waals surface area contributed by atoms with Crippen molar-refractivity contribution in [3.8, 4) is 11.6 Å². The van der Waals surface area contributed by atoms with Gasteiger partial charge in [-0.05, 0) is 40.2 Å². The number of rotatable bonds is 5. The van der Waals surface area contributed by atoms with Crippen molar-refractivity contribution >= 4 is 31.9 Å². The van der Waals surface area contributed by atoms with Crippen LogP contribution in [0, 0.1) is 5.82 Å². The molecule has 1 N–H and O–H groups in total. The molecule has 0 amide bonds. The van der Waals surface area contributed by atoms with E-state index in [1.807, 2.05) is 6.07 Å². The Bertz CT molecular complexity index is 635. The number of benzene rings is 1. The topological polar surface area (TPSA) is 34.2 Å². The fraction of sp³-hybridized carbons (Fsp3) is 0.267. The van der Waals surface area contributed by atoms with Crippen LogP contribution in [0.4, 0.5) is 4.39 Å². The molecular weight excluding hydrogens is 403 g/mol. The van der Waals surface area contributed by atoms with Gasteiger partial charge in [-0.2, -0.15) is 0 Å².